The maximum Gasteiger partial charge on any atom is 0.260 e. The second-order valence-corrected chi connectivity index (χ2v) is 13.6. The van der Waals surface area contributed by atoms with Crippen LogP contribution in [0.4, 0.5) is 11.6 Å². The lowest BCUT2D eigenvalue weighted by molar-refractivity contribution is -0.128. The summed E-state index contributed by atoms with van der Waals surface area (Å²) in [6, 6.07) is 12.2. The first kappa shape index (κ1) is 30.2. The van der Waals surface area contributed by atoms with Gasteiger partial charge in [0.05, 0.1) is 24.4 Å². The van der Waals surface area contributed by atoms with E-state index in [2.05, 4.69) is 20.3 Å². The van der Waals surface area contributed by atoms with E-state index in [-0.39, 0.29) is 49.5 Å². The SMILES string of the molecule is C[C@@]1(Cc2ccc(-c3cncnc3)cc2)C(=O)N(c2cc(Cl)cc(Cl)c2)c2ncc(S(=O)(=O)N3CC(C(=O)NCCO)C3)n21. The van der Waals surface area contributed by atoms with Crippen LogP contribution >= 0.6 is 23.2 Å². The van der Waals surface area contributed by atoms with E-state index >= 15 is 0 Å². The molecule has 228 valence electrons. The first-order valence-electron chi connectivity index (χ1n) is 13.6. The van der Waals surface area contributed by atoms with Crippen LogP contribution in [0.15, 0.2) is 72.4 Å². The van der Waals surface area contributed by atoms with Gasteiger partial charge in [-0.2, -0.15) is 4.31 Å². The van der Waals surface area contributed by atoms with Gasteiger partial charge in [-0.05, 0) is 36.2 Å². The number of sulfonamides is 1. The summed E-state index contributed by atoms with van der Waals surface area (Å²) in [6.45, 7) is 1.47. The van der Waals surface area contributed by atoms with Crippen LogP contribution in [0.25, 0.3) is 11.1 Å². The van der Waals surface area contributed by atoms with Crippen molar-refractivity contribution in [1.82, 2.24) is 29.1 Å². The molecular weight excluding hydrogens is 629 g/mol. The number of anilines is 2. The number of aliphatic hydroxyl groups is 1. The fraction of sp³-hybridized carbons (Fsp3) is 0.276. The first-order valence-corrected chi connectivity index (χ1v) is 15.8. The van der Waals surface area contributed by atoms with Gasteiger partial charge in [-0.1, -0.05) is 47.5 Å². The van der Waals surface area contributed by atoms with Gasteiger partial charge >= 0.3 is 0 Å². The number of nitrogens with zero attached hydrogens (tertiary/aromatic N) is 6. The number of aromatic nitrogens is 4. The van der Waals surface area contributed by atoms with Gasteiger partial charge in [-0.25, -0.2) is 28.3 Å². The Kier molecular flexibility index (Phi) is 7.92. The maximum atomic E-state index is 14.3. The van der Waals surface area contributed by atoms with Crippen molar-refractivity contribution in [3.63, 3.8) is 0 Å². The Hall–Kier alpha value is -3.88. The molecule has 2 aromatic carbocycles. The highest BCUT2D eigenvalue weighted by atomic mass is 35.5. The van der Waals surface area contributed by atoms with Crippen LogP contribution in [-0.2, 0) is 31.6 Å². The molecule has 6 rings (SSSR count). The van der Waals surface area contributed by atoms with Gasteiger partial charge in [0.1, 0.15) is 11.9 Å². The molecule has 2 amide bonds. The number of carbonyl (C=O) groups excluding carboxylic acids is 2. The van der Waals surface area contributed by atoms with E-state index in [0.29, 0.717) is 15.7 Å². The number of rotatable bonds is 9. The second-order valence-electron chi connectivity index (χ2n) is 10.8. The molecule has 0 bridgehead atoms. The van der Waals surface area contributed by atoms with E-state index in [1.807, 2.05) is 24.3 Å². The van der Waals surface area contributed by atoms with E-state index in [1.165, 1.54) is 32.4 Å². The average molecular weight is 657 g/mol. The van der Waals surface area contributed by atoms with E-state index in [4.69, 9.17) is 28.3 Å². The number of aliphatic hydroxyl groups excluding tert-OH is 1. The van der Waals surface area contributed by atoms with E-state index in [1.54, 1.807) is 31.5 Å². The number of fused-ring (bicyclic) bond motifs is 1. The molecule has 0 radical (unpaired) electrons. The largest absolute Gasteiger partial charge is 0.395 e. The number of carbonyl (C=O) groups is 2. The quantitative estimate of drug-likeness (QED) is 0.279. The molecule has 2 aliphatic rings. The van der Waals surface area contributed by atoms with Crippen molar-refractivity contribution >= 4 is 56.7 Å². The monoisotopic (exact) mass is 655 g/mol. The van der Waals surface area contributed by atoms with Crippen molar-refractivity contribution in [2.45, 2.75) is 23.9 Å². The molecular formula is C29H27Cl2N7O5S. The molecule has 12 nitrogen and oxygen atoms in total. The van der Waals surface area contributed by atoms with Crippen molar-refractivity contribution in [2.75, 3.05) is 31.1 Å². The number of nitrogens with one attached hydrogen (secondary N) is 1. The Balaban J connectivity index is 1.38. The number of hydrogen-bond acceptors (Lipinski definition) is 8. The molecule has 15 heteroatoms. The normalized spacial score (nSPS) is 18.7. The molecule has 2 aliphatic heterocycles. The smallest absolute Gasteiger partial charge is 0.260 e. The lowest BCUT2D eigenvalue weighted by Crippen LogP contribution is -2.56. The van der Waals surface area contributed by atoms with Crippen LogP contribution < -0.4 is 10.2 Å². The minimum absolute atomic E-state index is 0.0386. The van der Waals surface area contributed by atoms with Crippen molar-refractivity contribution in [3.05, 3.63) is 83.0 Å². The van der Waals surface area contributed by atoms with E-state index in [9.17, 15) is 18.0 Å². The maximum absolute atomic E-state index is 14.3. The van der Waals surface area contributed by atoms with Gasteiger partial charge in [-0.3, -0.25) is 14.2 Å². The van der Waals surface area contributed by atoms with Gasteiger partial charge in [-0.15, -0.1) is 0 Å². The number of amides is 2. The van der Waals surface area contributed by atoms with Gasteiger partial charge < -0.3 is 10.4 Å². The topological polar surface area (TPSA) is 151 Å². The summed E-state index contributed by atoms with van der Waals surface area (Å²) in [5.41, 5.74) is 1.42. The highest BCUT2D eigenvalue weighted by molar-refractivity contribution is 7.89. The molecule has 1 fully saturated rings. The molecule has 44 heavy (non-hydrogen) atoms. The van der Waals surface area contributed by atoms with Crippen LogP contribution in [0.1, 0.15) is 12.5 Å². The summed E-state index contributed by atoms with van der Waals surface area (Å²) in [5, 5.41) is 12.0. The molecule has 0 unspecified atom stereocenters. The highest BCUT2D eigenvalue weighted by Gasteiger charge is 2.53. The minimum Gasteiger partial charge on any atom is -0.395 e. The predicted octanol–water partition coefficient (Wildman–Crippen LogP) is 3.01. The standard InChI is InChI=1S/C29H27Cl2N7O5S/c1-29(11-18-2-4-19(5-3-18)20-12-32-17-33-13-20)27(41)37(24-9-22(30)8-23(31)10-24)28-35-14-25(38(28)29)44(42,43)36-15-21(16-36)26(40)34-6-7-39/h2-5,8-10,12-14,17,21,39H,6-7,11,15-16H2,1H3,(H,34,40)/t29-/m1/s1. The van der Waals surface area contributed by atoms with Gasteiger partial charge in [0.25, 0.3) is 15.9 Å². The average Bonchev–Trinajstić information content (AvgIpc) is 3.49. The summed E-state index contributed by atoms with van der Waals surface area (Å²) in [7, 11) is -4.16. The first-order chi connectivity index (χ1) is 21.0. The molecule has 2 N–H and O–H groups in total. The molecule has 0 saturated carbocycles. The van der Waals surface area contributed by atoms with Crippen LogP contribution in [0, 0.1) is 5.92 Å². The minimum atomic E-state index is -4.16. The Morgan fingerprint density at radius 2 is 1.70 bits per heavy atom. The third-order valence-corrected chi connectivity index (χ3v) is 10.0. The third kappa shape index (κ3) is 5.24. The number of halogens is 2. The van der Waals surface area contributed by atoms with Crippen molar-refractivity contribution in [2.24, 2.45) is 5.92 Å². The van der Waals surface area contributed by atoms with E-state index < -0.39 is 27.4 Å². The Labute approximate surface area is 263 Å². The fourth-order valence-corrected chi connectivity index (χ4v) is 7.76. The molecule has 0 spiro atoms. The van der Waals surface area contributed by atoms with Crippen LogP contribution in [0.5, 0.6) is 0 Å². The number of imidazole rings is 1. The predicted molar refractivity (Wildman–Crippen MR) is 163 cm³/mol. The lowest BCUT2D eigenvalue weighted by Gasteiger charge is -2.37. The van der Waals surface area contributed by atoms with Crippen molar-refractivity contribution in [3.8, 4) is 11.1 Å². The molecule has 4 aromatic rings. The van der Waals surface area contributed by atoms with Crippen molar-refractivity contribution < 1.29 is 23.1 Å². The molecule has 1 saturated heterocycles. The lowest BCUT2D eigenvalue weighted by atomic mass is 9.91. The Bertz CT molecular complexity index is 1830. The number of benzene rings is 2. The summed E-state index contributed by atoms with van der Waals surface area (Å²) in [6.07, 6.45) is 6.21. The zero-order valence-electron chi connectivity index (χ0n) is 23.4. The Morgan fingerprint density at radius 3 is 2.34 bits per heavy atom. The van der Waals surface area contributed by atoms with Gasteiger partial charge in [0, 0.05) is 54.1 Å². The number of hydrogen-bond donors (Lipinski definition) is 2. The van der Waals surface area contributed by atoms with Crippen molar-refractivity contribution in [1.29, 1.82) is 0 Å². The zero-order valence-corrected chi connectivity index (χ0v) is 25.7. The highest BCUT2D eigenvalue weighted by Crippen LogP contribution is 2.45. The van der Waals surface area contributed by atoms with E-state index in [0.717, 1.165) is 16.7 Å². The molecule has 2 aromatic heterocycles. The Morgan fingerprint density at radius 1 is 1.05 bits per heavy atom. The summed E-state index contributed by atoms with van der Waals surface area (Å²) in [5.74, 6) is -1.20. The zero-order chi connectivity index (χ0) is 31.2. The second kappa shape index (κ2) is 11.6. The summed E-state index contributed by atoms with van der Waals surface area (Å²) in [4.78, 5) is 40.5. The third-order valence-electron chi connectivity index (χ3n) is 7.80. The van der Waals surface area contributed by atoms with Crippen LogP contribution in [0.3, 0.4) is 0 Å². The molecule has 1 atom stereocenters. The van der Waals surface area contributed by atoms with Crippen LogP contribution in [0.2, 0.25) is 10.0 Å². The summed E-state index contributed by atoms with van der Waals surface area (Å²) < 4.78 is 30.5. The van der Waals surface area contributed by atoms with Gasteiger partial charge in [0.15, 0.2) is 5.03 Å². The summed E-state index contributed by atoms with van der Waals surface area (Å²) >= 11 is 12.6. The molecule has 4 heterocycles. The fourth-order valence-electron chi connectivity index (χ4n) is 5.53. The van der Waals surface area contributed by atoms with Crippen LogP contribution in [-0.4, -0.2) is 75.4 Å². The molecule has 0 aliphatic carbocycles. The van der Waals surface area contributed by atoms with Gasteiger partial charge in [0.2, 0.25) is 11.9 Å².